The molecule has 6 nitrogen and oxygen atoms in total. The van der Waals surface area contributed by atoms with Crippen LogP contribution < -0.4 is 10.9 Å². The van der Waals surface area contributed by atoms with Gasteiger partial charge in [-0.05, 0) is 18.2 Å². The van der Waals surface area contributed by atoms with E-state index < -0.39 is 0 Å². The number of hydrogen-bond donors (Lipinski definition) is 1. The number of fused-ring (bicyclic) bond motifs is 1. The first kappa shape index (κ1) is 11.7. The fourth-order valence-corrected chi connectivity index (χ4v) is 1.96. The summed E-state index contributed by atoms with van der Waals surface area (Å²) >= 11 is 0. The van der Waals surface area contributed by atoms with Gasteiger partial charge in [0, 0.05) is 25.5 Å². The lowest BCUT2D eigenvalue weighted by Gasteiger charge is -2.06. The summed E-state index contributed by atoms with van der Waals surface area (Å²) in [6, 6.07) is 5.49. The number of rotatable bonds is 5. The third kappa shape index (κ3) is 2.43. The number of aromatic nitrogens is 3. The molecule has 3 heterocycles. The molecule has 0 aliphatic heterocycles. The van der Waals surface area contributed by atoms with Gasteiger partial charge in [-0.3, -0.25) is 4.79 Å². The average molecular weight is 258 g/mol. The van der Waals surface area contributed by atoms with E-state index in [1.165, 1.54) is 0 Å². The Labute approximate surface area is 109 Å². The lowest BCUT2D eigenvalue weighted by atomic mass is 10.4. The molecule has 3 rings (SSSR count). The normalized spacial score (nSPS) is 11.2. The maximum absolute atomic E-state index is 12.1. The maximum Gasteiger partial charge on any atom is 0.276 e. The second-order valence-electron chi connectivity index (χ2n) is 4.21. The molecule has 0 aliphatic carbocycles. The van der Waals surface area contributed by atoms with Crippen LogP contribution in [0.4, 0.5) is 0 Å². The van der Waals surface area contributed by atoms with Crippen LogP contribution in [0.1, 0.15) is 5.76 Å². The van der Waals surface area contributed by atoms with Gasteiger partial charge in [0.2, 0.25) is 0 Å². The van der Waals surface area contributed by atoms with E-state index >= 15 is 0 Å². The third-order valence-electron chi connectivity index (χ3n) is 2.95. The van der Waals surface area contributed by atoms with Gasteiger partial charge >= 0.3 is 0 Å². The van der Waals surface area contributed by atoms with Crippen molar-refractivity contribution in [2.75, 3.05) is 6.54 Å². The van der Waals surface area contributed by atoms with Crippen molar-refractivity contribution in [1.82, 2.24) is 19.5 Å². The molecule has 0 radical (unpaired) electrons. The minimum absolute atomic E-state index is 0.0280. The predicted molar refractivity (Wildman–Crippen MR) is 69.9 cm³/mol. The highest BCUT2D eigenvalue weighted by molar-refractivity contribution is 5.42. The van der Waals surface area contributed by atoms with Crippen molar-refractivity contribution in [3.63, 3.8) is 0 Å². The second kappa shape index (κ2) is 5.11. The SMILES string of the molecule is O=c1c2ccnn2ccn1CCNCc1ccco1. The fourth-order valence-electron chi connectivity index (χ4n) is 1.96. The molecule has 0 saturated heterocycles. The van der Waals surface area contributed by atoms with Crippen molar-refractivity contribution < 1.29 is 4.42 Å². The molecule has 0 amide bonds. The van der Waals surface area contributed by atoms with E-state index in [0.717, 1.165) is 5.76 Å². The highest BCUT2D eigenvalue weighted by atomic mass is 16.3. The van der Waals surface area contributed by atoms with Gasteiger partial charge in [-0.15, -0.1) is 0 Å². The van der Waals surface area contributed by atoms with Gasteiger partial charge < -0.3 is 14.3 Å². The Kier molecular flexibility index (Phi) is 3.16. The summed E-state index contributed by atoms with van der Waals surface area (Å²) in [5, 5.41) is 7.26. The number of hydrogen-bond acceptors (Lipinski definition) is 4. The first-order chi connectivity index (χ1) is 9.34. The Hall–Kier alpha value is -2.34. The highest BCUT2D eigenvalue weighted by Gasteiger charge is 2.02. The molecule has 98 valence electrons. The number of furan rings is 1. The third-order valence-corrected chi connectivity index (χ3v) is 2.95. The summed E-state index contributed by atoms with van der Waals surface area (Å²) in [7, 11) is 0. The Morgan fingerprint density at radius 3 is 3.11 bits per heavy atom. The Bertz CT molecular complexity index is 712. The zero-order chi connectivity index (χ0) is 13.1. The highest BCUT2D eigenvalue weighted by Crippen LogP contribution is 1.98. The number of nitrogens with one attached hydrogen (secondary N) is 1. The first-order valence-electron chi connectivity index (χ1n) is 6.10. The minimum Gasteiger partial charge on any atom is -0.468 e. The van der Waals surface area contributed by atoms with Crippen molar-refractivity contribution in [2.45, 2.75) is 13.1 Å². The van der Waals surface area contributed by atoms with Crippen LogP contribution in [0.3, 0.4) is 0 Å². The Balaban J connectivity index is 1.62. The summed E-state index contributed by atoms with van der Waals surface area (Å²) in [5.41, 5.74) is 0.563. The molecular weight excluding hydrogens is 244 g/mol. The molecule has 0 atom stereocenters. The van der Waals surface area contributed by atoms with E-state index in [1.807, 2.05) is 12.1 Å². The molecule has 6 heteroatoms. The lowest BCUT2D eigenvalue weighted by molar-refractivity contribution is 0.474. The van der Waals surface area contributed by atoms with Crippen molar-refractivity contribution in [3.8, 4) is 0 Å². The van der Waals surface area contributed by atoms with E-state index in [9.17, 15) is 4.79 Å². The van der Waals surface area contributed by atoms with E-state index in [-0.39, 0.29) is 5.56 Å². The van der Waals surface area contributed by atoms with Crippen LogP contribution in [-0.2, 0) is 13.1 Å². The summed E-state index contributed by atoms with van der Waals surface area (Å²) in [5.74, 6) is 0.888. The molecule has 3 aromatic rings. The molecule has 0 spiro atoms. The van der Waals surface area contributed by atoms with E-state index in [0.29, 0.717) is 25.2 Å². The predicted octanol–water partition coefficient (Wildman–Crippen LogP) is 0.879. The van der Waals surface area contributed by atoms with Gasteiger partial charge in [0.25, 0.3) is 5.56 Å². The van der Waals surface area contributed by atoms with E-state index in [2.05, 4.69) is 10.4 Å². The Morgan fingerprint density at radius 2 is 2.26 bits per heavy atom. The topological polar surface area (TPSA) is 64.5 Å². The minimum atomic E-state index is -0.0280. The largest absolute Gasteiger partial charge is 0.468 e. The van der Waals surface area contributed by atoms with Crippen LogP contribution in [-0.4, -0.2) is 20.7 Å². The maximum atomic E-state index is 12.1. The number of nitrogens with zero attached hydrogens (tertiary/aromatic N) is 3. The molecule has 19 heavy (non-hydrogen) atoms. The molecule has 3 aromatic heterocycles. The summed E-state index contributed by atoms with van der Waals surface area (Å²) in [6.07, 6.45) is 6.80. The molecule has 0 aromatic carbocycles. The molecule has 0 saturated carbocycles. The lowest BCUT2D eigenvalue weighted by Crippen LogP contribution is -2.27. The van der Waals surface area contributed by atoms with Crippen LogP contribution in [0, 0.1) is 0 Å². The average Bonchev–Trinajstić information content (AvgIpc) is 3.08. The zero-order valence-corrected chi connectivity index (χ0v) is 10.3. The summed E-state index contributed by atoms with van der Waals surface area (Å²) < 4.78 is 8.47. The van der Waals surface area contributed by atoms with Gasteiger partial charge in [-0.1, -0.05) is 0 Å². The van der Waals surface area contributed by atoms with Gasteiger partial charge in [0.05, 0.1) is 19.0 Å². The molecule has 1 N–H and O–H groups in total. The second-order valence-corrected chi connectivity index (χ2v) is 4.21. The molecule has 0 aliphatic rings. The van der Waals surface area contributed by atoms with Crippen LogP contribution in [0.2, 0.25) is 0 Å². The van der Waals surface area contributed by atoms with Crippen LogP contribution >= 0.6 is 0 Å². The monoisotopic (exact) mass is 258 g/mol. The first-order valence-corrected chi connectivity index (χ1v) is 6.10. The summed E-state index contributed by atoms with van der Waals surface area (Å²) in [4.78, 5) is 12.1. The van der Waals surface area contributed by atoms with Crippen molar-refractivity contribution >= 4 is 5.52 Å². The van der Waals surface area contributed by atoms with Crippen molar-refractivity contribution in [1.29, 1.82) is 0 Å². The molecule has 0 unspecified atom stereocenters. The molecule has 0 fully saturated rings. The van der Waals surface area contributed by atoms with Crippen LogP contribution in [0.25, 0.3) is 5.52 Å². The van der Waals surface area contributed by atoms with Crippen LogP contribution in [0.5, 0.6) is 0 Å². The van der Waals surface area contributed by atoms with Gasteiger partial charge in [0.1, 0.15) is 11.3 Å². The molecular formula is C13H14N4O2. The standard InChI is InChI=1S/C13H14N4O2/c18-13-12-3-4-15-17(12)8-7-16(13)6-5-14-10-11-2-1-9-19-11/h1-4,7-9,14H,5-6,10H2. The van der Waals surface area contributed by atoms with Crippen molar-refractivity contribution in [3.05, 3.63) is 59.2 Å². The van der Waals surface area contributed by atoms with Gasteiger partial charge in [0.15, 0.2) is 0 Å². The quantitative estimate of drug-likeness (QED) is 0.690. The zero-order valence-electron chi connectivity index (χ0n) is 10.3. The van der Waals surface area contributed by atoms with Crippen molar-refractivity contribution in [2.24, 2.45) is 0 Å². The fraction of sp³-hybridized carbons (Fsp3) is 0.231. The van der Waals surface area contributed by atoms with E-state index in [4.69, 9.17) is 4.42 Å². The van der Waals surface area contributed by atoms with Crippen LogP contribution in [0.15, 0.2) is 52.3 Å². The smallest absolute Gasteiger partial charge is 0.276 e. The van der Waals surface area contributed by atoms with Gasteiger partial charge in [-0.2, -0.15) is 5.10 Å². The summed E-state index contributed by atoms with van der Waals surface area (Å²) in [6.45, 7) is 1.98. The van der Waals surface area contributed by atoms with Gasteiger partial charge in [-0.25, -0.2) is 4.52 Å². The Morgan fingerprint density at radius 1 is 1.32 bits per heavy atom. The van der Waals surface area contributed by atoms with E-state index in [1.54, 1.807) is 40.0 Å². The molecule has 0 bridgehead atoms.